The third kappa shape index (κ3) is 5.35. The first-order valence-electron chi connectivity index (χ1n) is 6.98. The zero-order valence-electron chi connectivity index (χ0n) is 11.8. The van der Waals surface area contributed by atoms with Crippen LogP contribution < -0.4 is 4.72 Å². The molecule has 1 aromatic rings. The highest BCUT2D eigenvalue weighted by atomic mass is 32.2. The zero-order chi connectivity index (χ0) is 15.3. The van der Waals surface area contributed by atoms with Gasteiger partial charge >= 0.3 is 5.97 Å². The standard InChI is InChI=1S/C14H20N2O4S/c17-14(18)7-10-21(19,20)15-13-5-3-12(4-6-13)11-16-8-1-2-9-16/h3-6,15H,1-2,7-11H2,(H,17,18). The Balaban J connectivity index is 1.90. The van der Waals surface area contributed by atoms with Gasteiger partial charge in [-0.3, -0.25) is 14.4 Å². The maximum atomic E-state index is 11.7. The predicted octanol–water partition coefficient (Wildman–Crippen LogP) is 1.50. The normalized spacial score (nSPS) is 16.0. The lowest BCUT2D eigenvalue weighted by Crippen LogP contribution is -2.19. The van der Waals surface area contributed by atoms with Gasteiger partial charge in [0, 0.05) is 12.2 Å². The van der Waals surface area contributed by atoms with E-state index in [0.29, 0.717) is 5.69 Å². The summed E-state index contributed by atoms with van der Waals surface area (Å²) < 4.78 is 25.8. The summed E-state index contributed by atoms with van der Waals surface area (Å²) >= 11 is 0. The number of carbonyl (C=O) groups is 1. The molecule has 0 unspecified atom stereocenters. The molecular weight excluding hydrogens is 292 g/mol. The summed E-state index contributed by atoms with van der Waals surface area (Å²) in [5, 5.41) is 8.52. The number of hydrogen-bond donors (Lipinski definition) is 2. The van der Waals surface area contributed by atoms with Gasteiger partial charge in [-0.15, -0.1) is 0 Å². The predicted molar refractivity (Wildman–Crippen MR) is 80.6 cm³/mol. The Kier molecular flexibility index (Phi) is 5.19. The first-order chi connectivity index (χ1) is 9.94. The van der Waals surface area contributed by atoms with Crippen LogP contribution in [0.5, 0.6) is 0 Å². The van der Waals surface area contributed by atoms with Crippen LogP contribution in [0.3, 0.4) is 0 Å². The third-order valence-corrected chi connectivity index (χ3v) is 4.71. The van der Waals surface area contributed by atoms with Crippen molar-refractivity contribution in [2.24, 2.45) is 0 Å². The Morgan fingerprint density at radius 2 is 1.81 bits per heavy atom. The minimum Gasteiger partial charge on any atom is -0.481 e. The number of benzene rings is 1. The first kappa shape index (κ1) is 15.8. The highest BCUT2D eigenvalue weighted by molar-refractivity contribution is 7.92. The van der Waals surface area contributed by atoms with Crippen LogP contribution in [0, 0.1) is 0 Å². The summed E-state index contributed by atoms with van der Waals surface area (Å²) in [6.45, 7) is 3.11. The second kappa shape index (κ2) is 6.91. The van der Waals surface area contributed by atoms with E-state index in [4.69, 9.17) is 5.11 Å². The molecule has 1 aliphatic rings. The molecule has 7 heteroatoms. The number of carboxylic acids is 1. The minimum absolute atomic E-state index is 0.400. The molecule has 0 aliphatic carbocycles. The summed E-state index contributed by atoms with van der Waals surface area (Å²) in [4.78, 5) is 12.8. The lowest BCUT2D eigenvalue weighted by molar-refractivity contribution is -0.136. The fraction of sp³-hybridized carbons (Fsp3) is 0.500. The van der Waals surface area contributed by atoms with Crippen molar-refractivity contribution in [3.8, 4) is 0 Å². The Morgan fingerprint density at radius 3 is 2.38 bits per heavy atom. The van der Waals surface area contributed by atoms with Crippen molar-refractivity contribution in [3.63, 3.8) is 0 Å². The largest absolute Gasteiger partial charge is 0.481 e. The molecule has 2 N–H and O–H groups in total. The minimum atomic E-state index is -3.61. The maximum absolute atomic E-state index is 11.7. The lowest BCUT2D eigenvalue weighted by atomic mass is 10.2. The molecule has 2 rings (SSSR count). The summed E-state index contributed by atoms with van der Waals surface area (Å²) in [6.07, 6.45) is 2.07. The van der Waals surface area contributed by atoms with E-state index in [2.05, 4.69) is 9.62 Å². The summed E-state index contributed by atoms with van der Waals surface area (Å²) in [7, 11) is -3.61. The van der Waals surface area contributed by atoms with Gasteiger partial charge in [0.05, 0.1) is 12.2 Å². The fourth-order valence-corrected chi connectivity index (χ4v) is 3.37. The van der Waals surface area contributed by atoms with Crippen LogP contribution in [0.4, 0.5) is 5.69 Å². The number of likely N-dealkylation sites (tertiary alicyclic amines) is 1. The highest BCUT2D eigenvalue weighted by Gasteiger charge is 2.14. The van der Waals surface area contributed by atoms with E-state index in [1.807, 2.05) is 12.1 Å². The zero-order valence-corrected chi connectivity index (χ0v) is 12.6. The molecule has 1 heterocycles. The number of aliphatic carboxylic acids is 1. The Labute approximate surface area is 124 Å². The number of nitrogens with zero attached hydrogens (tertiary/aromatic N) is 1. The third-order valence-electron chi connectivity index (χ3n) is 3.42. The van der Waals surface area contributed by atoms with E-state index in [0.717, 1.165) is 25.2 Å². The summed E-state index contributed by atoms with van der Waals surface area (Å²) in [6, 6.07) is 7.22. The number of carboxylic acid groups (broad SMARTS) is 1. The smallest absolute Gasteiger partial charge is 0.304 e. The molecule has 1 fully saturated rings. The number of anilines is 1. The van der Waals surface area contributed by atoms with E-state index in [-0.39, 0.29) is 0 Å². The monoisotopic (exact) mass is 312 g/mol. The number of rotatable bonds is 7. The van der Waals surface area contributed by atoms with Crippen LogP contribution in [0.25, 0.3) is 0 Å². The number of hydrogen-bond acceptors (Lipinski definition) is 4. The molecule has 0 radical (unpaired) electrons. The quantitative estimate of drug-likeness (QED) is 0.797. The van der Waals surface area contributed by atoms with Gasteiger partial charge in [0.15, 0.2) is 0 Å². The Hall–Kier alpha value is -1.60. The average molecular weight is 312 g/mol. The molecule has 0 amide bonds. The molecule has 6 nitrogen and oxygen atoms in total. The van der Waals surface area contributed by atoms with Crippen LogP contribution in [0.1, 0.15) is 24.8 Å². The SMILES string of the molecule is O=C(O)CCS(=O)(=O)Nc1ccc(CN2CCCC2)cc1. The molecule has 0 atom stereocenters. The van der Waals surface area contributed by atoms with Crippen molar-refractivity contribution in [2.45, 2.75) is 25.8 Å². The molecule has 1 aromatic carbocycles. The van der Waals surface area contributed by atoms with Crippen LogP contribution in [0.2, 0.25) is 0 Å². The second-order valence-electron chi connectivity index (χ2n) is 5.24. The van der Waals surface area contributed by atoms with Gasteiger partial charge in [0.25, 0.3) is 0 Å². The average Bonchev–Trinajstić information content (AvgIpc) is 2.92. The van der Waals surface area contributed by atoms with E-state index >= 15 is 0 Å². The molecule has 1 aliphatic heterocycles. The molecule has 0 bridgehead atoms. The van der Waals surface area contributed by atoms with Crippen molar-refractivity contribution in [1.82, 2.24) is 4.90 Å². The van der Waals surface area contributed by atoms with Gasteiger partial charge in [0.1, 0.15) is 0 Å². The first-order valence-corrected chi connectivity index (χ1v) is 8.63. The van der Waals surface area contributed by atoms with Crippen LogP contribution in [-0.2, 0) is 21.4 Å². The van der Waals surface area contributed by atoms with Crippen molar-refractivity contribution in [1.29, 1.82) is 0 Å². The van der Waals surface area contributed by atoms with E-state index < -0.39 is 28.2 Å². The van der Waals surface area contributed by atoms with Gasteiger partial charge in [-0.25, -0.2) is 8.42 Å². The van der Waals surface area contributed by atoms with Gasteiger partial charge in [-0.2, -0.15) is 0 Å². The second-order valence-corrected chi connectivity index (χ2v) is 7.09. The van der Waals surface area contributed by atoms with Crippen molar-refractivity contribution < 1.29 is 18.3 Å². The fourth-order valence-electron chi connectivity index (χ4n) is 2.33. The lowest BCUT2D eigenvalue weighted by Gasteiger charge is -2.15. The summed E-state index contributed by atoms with van der Waals surface area (Å²) in [5.74, 6) is -1.54. The molecular formula is C14H20N2O4S. The summed E-state index contributed by atoms with van der Waals surface area (Å²) in [5.41, 5.74) is 1.61. The van der Waals surface area contributed by atoms with Crippen molar-refractivity contribution >= 4 is 21.7 Å². The highest BCUT2D eigenvalue weighted by Crippen LogP contribution is 2.16. The van der Waals surface area contributed by atoms with Crippen molar-refractivity contribution in [3.05, 3.63) is 29.8 Å². The Bertz CT molecular complexity index is 577. The van der Waals surface area contributed by atoms with Gasteiger partial charge in [-0.1, -0.05) is 12.1 Å². The van der Waals surface area contributed by atoms with Crippen LogP contribution in [0.15, 0.2) is 24.3 Å². The van der Waals surface area contributed by atoms with Crippen LogP contribution >= 0.6 is 0 Å². The Morgan fingerprint density at radius 1 is 1.19 bits per heavy atom. The van der Waals surface area contributed by atoms with E-state index in [9.17, 15) is 13.2 Å². The molecule has 0 spiro atoms. The number of sulfonamides is 1. The molecule has 0 aromatic heterocycles. The van der Waals surface area contributed by atoms with E-state index in [1.54, 1.807) is 12.1 Å². The van der Waals surface area contributed by atoms with E-state index in [1.165, 1.54) is 12.8 Å². The van der Waals surface area contributed by atoms with Gasteiger partial charge in [-0.05, 0) is 43.6 Å². The molecule has 1 saturated heterocycles. The molecule has 21 heavy (non-hydrogen) atoms. The topological polar surface area (TPSA) is 86.7 Å². The number of nitrogens with one attached hydrogen (secondary N) is 1. The molecule has 0 saturated carbocycles. The van der Waals surface area contributed by atoms with Crippen LogP contribution in [-0.4, -0.2) is 43.2 Å². The van der Waals surface area contributed by atoms with Gasteiger partial charge in [0.2, 0.25) is 10.0 Å². The maximum Gasteiger partial charge on any atom is 0.304 e. The van der Waals surface area contributed by atoms with Gasteiger partial charge < -0.3 is 5.11 Å². The van der Waals surface area contributed by atoms with Crippen molar-refractivity contribution in [2.75, 3.05) is 23.6 Å². The molecule has 116 valence electrons.